The molecule has 9 nitrogen and oxygen atoms in total. The van der Waals surface area contributed by atoms with Gasteiger partial charge in [0, 0.05) is 22.2 Å². The molecule has 220 valence electrons. The predicted octanol–water partition coefficient (Wildman–Crippen LogP) is 6.47. The highest BCUT2D eigenvalue weighted by molar-refractivity contribution is 6.31. The highest BCUT2D eigenvalue weighted by Crippen LogP contribution is 2.57. The monoisotopic (exact) mass is 612 g/mol. The van der Waals surface area contributed by atoms with Crippen molar-refractivity contribution in [1.29, 1.82) is 0 Å². The molecule has 1 heterocycles. The minimum absolute atomic E-state index is 0.0126. The number of rotatable bonds is 12. The van der Waals surface area contributed by atoms with Crippen LogP contribution in [-0.2, 0) is 25.8 Å². The first-order valence-corrected chi connectivity index (χ1v) is 14.3. The molecular weight excluding hydrogens is 583 g/mol. The molecule has 1 fully saturated rings. The third-order valence-corrected chi connectivity index (χ3v) is 8.27. The summed E-state index contributed by atoms with van der Waals surface area (Å²) in [6, 6.07) is 16.9. The SMILES string of the molecule is Cc1c(Cl)cccc1OCCOC(=O)N1C[C@@H]2C[C@@H]2c2c(-c3ccc(Cl)c(CON(C=O)CCC(=O)O)c3)cccc21. The lowest BCUT2D eigenvalue weighted by atomic mass is 9.91. The molecule has 1 saturated carbocycles. The fourth-order valence-electron chi connectivity index (χ4n) is 5.20. The number of fused-ring (bicyclic) bond motifs is 3. The van der Waals surface area contributed by atoms with Gasteiger partial charge in [0.05, 0.1) is 18.7 Å². The fraction of sp³-hybridized carbons (Fsp3) is 0.323. The number of ether oxygens (including phenoxy) is 2. The molecule has 0 aromatic heterocycles. The summed E-state index contributed by atoms with van der Waals surface area (Å²) in [6.07, 6.45) is 0.760. The van der Waals surface area contributed by atoms with Gasteiger partial charge in [0.2, 0.25) is 6.41 Å². The molecule has 0 unspecified atom stereocenters. The van der Waals surface area contributed by atoms with Gasteiger partial charge in [-0.2, -0.15) is 0 Å². The number of carboxylic acids is 1. The van der Waals surface area contributed by atoms with Gasteiger partial charge in [0.25, 0.3) is 0 Å². The van der Waals surface area contributed by atoms with Gasteiger partial charge in [0.15, 0.2) is 0 Å². The zero-order valence-electron chi connectivity index (χ0n) is 22.9. The van der Waals surface area contributed by atoms with E-state index in [1.54, 1.807) is 17.0 Å². The average Bonchev–Trinajstić information content (AvgIpc) is 3.77. The van der Waals surface area contributed by atoms with Crippen molar-refractivity contribution in [3.8, 4) is 16.9 Å². The van der Waals surface area contributed by atoms with Crippen molar-refractivity contribution in [1.82, 2.24) is 5.06 Å². The van der Waals surface area contributed by atoms with Gasteiger partial charge >= 0.3 is 12.1 Å². The number of nitrogens with zero attached hydrogens (tertiary/aromatic N) is 2. The van der Waals surface area contributed by atoms with Crippen LogP contribution in [-0.4, -0.2) is 54.9 Å². The number of halogens is 2. The van der Waals surface area contributed by atoms with Crippen molar-refractivity contribution < 1.29 is 33.8 Å². The van der Waals surface area contributed by atoms with Crippen molar-refractivity contribution in [2.75, 3.05) is 31.2 Å². The molecule has 5 rings (SSSR count). The predicted molar refractivity (Wildman–Crippen MR) is 158 cm³/mol. The normalized spacial score (nSPS) is 16.7. The Labute approximate surface area is 253 Å². The van der Waals surface area contributed by atoms with E-state index in [4.69, 9.17) is 42.6 Å². The maximum Gasteiger partial charge on any atom is 0.414 e. The maximum absolute atomic E-state index is 13.2. The Morgan fingerprint density at radius 2 is 1.90 bits per heavy atom. The van der Waals surface area contributed by atoms with Gasteiger partial charge in [-0.25, -0.2) is 9.86 Å². The van der Waals surface area contributed by atoms with Crippen LogP contribution in [0.4, 0.5) is 10.5 Å². The van der Waals surface area contributed by atoms with Gasteiger partial charge in [-0.05, 0) is 77.8 Å². The Morgan fingerprint density at radius 1 is 1.10 bits per heavy atom. The Kier molecular flexibility index (Phi) is 9.21. The molecule has 0 radical (unpaired) electrons. The lowest BCUT2D eigenvalue weighted by molar-refractivity contribution is -0.179. The van der Waals surface area contributed by atoms with Gasteiger partial charge in [0.1, 0.15) is 25.6 Å². The standard InChI is InChI=1S/C31H30Cl2N2O7/c1-19-25(32)5-3-7-28(19)40-12-13-41-31(39)35-16-21-15-24(21)30-23(4-2-6-27(30)35)20-8-9-26(33)22(14-20)17-42-34(18-36)11-10-29(37)38/h2-9,14,18,21,24H,10-13,15-17H2,1H3,(H,37,38)/t21-,24-/m0/s1. The first-order chi connectivity index (χ1) is 20.3. The van der Waals surface area contributed by atoms with Crippen LogP contribution in [0.2, 0.25) is 10.0 Å². The second-order valence-electron chi connectivity index (χ2n) is 10.2. The minimum atomic E-state index is -1.03. The number of aliphatic carboxylic acids is 1. The van der Waals surface area contributed by atoms with Crippen molar-refractivity contribution in [2.45, 2.75) is 32.3 Å². The van der Waals surface area contributed by atoms with Crippen LogP contribution in [0.3, 0.4) is 0 Å². The number of carbonyl (C=O) groups excluding carboxylic acids is 2. The smallest absolute Gasteiger partial charge is 0.414 e. The molecule has 1 aliphatic carbocycles. The molecule has 2 aliphatic rings. The fourth-order valence-corrected chi connectivity index (χ4v) is 5.54. The van der Waals surface area contributed by atoms with E-state index in [1.807, 2.05) is 49.4 Å². The topological polar surface area (TPSA) is 106 Å². The lowest BCUT2D eigenvalue weighted by Gasteiger charge is -2.30. The van der Waals surface area contributed by atoms with Crippen LogP contribution in [0.25, 0.3) is 11.1 Å². The number of hydroxylamine groups is 2. The molecular formula is C31H30Cl2N2O7. The van der Waals surface area contributed by atoms with Gasteiger partial charge in [-0.15, -0.1) is 0 Å². The molecule has 3 aromatic rings. The van der Waals surface area contributed by atoms with E-state index in [9.17, 15) is 14.4 Å². The second kappa shape index (κ2) is 13.0. The number of amides is 2. The first kappa shape index (κ1) is 29.7. The summed E-state index contributed by atoms with van der Waals surface area (Å²) < 4.78 is 11.4. The third kappa shape index (κ3) is 6.64. The number of benzene rings is 3. The van der Waals surface area contributed by atoms with Gasteiger partial charge in [-0.1, -0.05) is 47.5 Å². The number of hydrogen-bond donors (Lipinski definition) is 1. The maximum atomic E-state index is 13.2. The largest absolute Gasteiger partial charge is 0.490 e. The van der Waals surface area contributed by atoms with Crippen LogP contribution in [0.15, 0.2) is 54.6 Å². The van der Waals surface area contributed by atoms with Gasteiger partial charge < -0.3 is 14.6 Å². The van der Waals surface area contributed by atoms with Crippen LogP contribution in [0, 0.1) is 12.8 Å². The summed E-state index contributed by atoms with van der Waals surface area (Å²) in [7, 11) is 0. The molecule has 1 aliphatic heterocycles. The third-order valence-electron chi connectivity index (χ3n) is 7.50. The van der Waals surface area contributed by atoms with Crippen molar-refractivity contribution in [2.24, 2.45) is 5.92 Å². The Morgan fingerprint density at radius 3 is 2.69 bits per heavy atom. The van der Waals surface area contributed by atoms with E-state index in [2.05, 4.69) is 0 Å². The van der Waals surface area contributed by atoms with Crippen molar-refractivity contribution >= 4 is 47.4 Å². The first-order valence-electron chi connectivity index (χ1n) is 13.6. The molecule has 2 atom stereocenters. The molecule has 1 N–H and O–H groups in total. The molecule has 0 spiro atoms. The number of hydrogen-bond acceptors (Lipinski definition) is 6. The summed E-state index contributed by atoms with van der Waals surface area (Å²) in [5.74, 6) is 0.309. The summed E-state index contributed by atoms with van der Waals surface area (Å²) in [4.78, 5) is 42.5. The van der Waals surface area contributed by atoms with E-state index in [1.165, 1.54) is 0 Å². The summed E-state index contributed by atoms with van der Waals surface area (Å²) >= 11 is 12.6. The van der Waals surface area contributed by atoms with Crippen LogP contribution < -0.4 is 9.64 Å². The molecule has 0 saturated heterocycles. The van der Waals surface area contributed by atoms with E-state index < -0.39 is 12.1 Å². The summed E-state index contributed by atoms with van der Waals surface area (Å²) in [5.41, 5.74) is 5.25. The molecule has 2 amide bonds. The summed E-state index contributed by atoms with van der Waals surface area (Å²) in [5, 5.41) is 10.9. The average molecular weight is 613 g/mol. The molecule has 11 heteroatoms. The van der Waals surface area contributed by atoms with Gasteiger partial charge in [-0.3, -0.25) is 19.3 Å². The minimum Gasteiger partial charge on any atom is -0.490 e. The number of carbonyl (C=O) groups is 3. The van der Waals surface area contributed by atoms with Crippen molar-refractivity contribution in [3.05, 3.63) is 81.3 Å². The number of carboxylic acid groups (broad SMARTS) is 1. The Bertz CT molecular complexity index is 1500. The molecule has 42 heavy (non-hydrogen) atoms. The Balaban J connectivity index is 1.29. The lowest BCUT2D eigenvalue weighted by Crippen LogP contribution is -2.37. The molecule has 3 aromatic carbocycles. The molecule has 0 bridgehead atoms. The number of anilines is 1. The highest BCUT2D eigenvalue weighted by Gasteiger charge is 2.48. The summed E-state index contributed by atoms with van der Waals surface area (Å²) in [6.45, 7) is 2.66. The van der Waals surface area contributed by atoms with Crippen LogP contribution in [0.1, 0.15) is 35.4 Å². The Hall–Kier alpha value is -3.79. The van der Waals surface area contributed by atoms with Crippen LogP contribution >= 0.6 is 23.2 Å². The van der Waals surface area contributed by atoms with E-state index in [-0.39, 0.29) is 32.8 Å². The second-order valence-corrected chi connectivity index (χ2v) is 11.1. The quantitative estimate of drug-likeness (QED) is 0.142. The zero-order chi connectivity index (χ0) is 29.8. The zero-order valence-corrected chi connectivity index (χ0v) is 24.4. The highest BCUT2D eigenvalue weighted by atomic mass is 35.5. The van der Waals surface area contributed by atoms with Crippen molar-refractivity contribution in [3.63, 3.8) is 0 Å². The van der Waals surface area contributed by atoms with E-state index in [0.717, 1.165) is 39.4 Å². The van der Waals surface area contributed by atoms with E-state index >= 15 is 0 Å². The van der Waals surface area contributed by atoms with E-state index in [0.29, 0.717) is 46.1 Å². The van der Waals surface area contributed by atoms with Crippen LogP contribution in [0.5, 0.6) is 5.75 Å².